The van der Waals surface area contributed by atoms with Crippen LogP contribution in [0.2, 0.25) is 0 Å². The maximum absolute atomic E-state index is 14.5. The molecule has 6 aromatic rings. The van der Waals surface area contributed by atoms with E-state index in [1.165, 1.54) is 26.2 Å². The fourth-order valence-electron chi connectivity index (χ4n) is 10.1. The molecule has 3 aliphatic heterocycles. The van der Waals surface area contributed by atoms with Gasteiger partial charge >= 0.3 is 18.0 Å². The highest BCUT2D eigenvalue weighted by Gasteiger charge is 2.49. The van der Waals surface area contributed by atoms with E-state index in [-0.39, 0.29) is 94.6 Å². The van der Waals surface area contributed by atoms with Crippen LogP contribution in [0.3, 0.4) is 0 Å². The van der Waals surface area contributed by atoms with Crippen LogP contribution < -0.4 is 10.9 Å². The lowest BCUT2D eigenvalue weighted by Crippen LogP contribution is -2.64. The Balaban J connectivity index is 0.989. The van der Waals surface area contributed by atoms with Gasteiger partial charge in [-0.1, -0.05) is 20.8 Å². The van der Waals surface area contributed by atoms with Gasteiger partial charge in [-0.15, -0.1) is 10.2 Å². The number of carbonyl (C=O) groups excluding carboxylic acids is 4. The van der Waals surface area contributed by atoms with Crippen molar-refractivity contribution in [2.45, 2.75) is 72.1 Å². The molecule has 0 saturated carbocycles. The van der Waals surface area contributed by atoms with Crippen LogP contribution in [0.15, 0.2) is 65.5 Å². The maximum atomic E-state index is 14.5. The van der Waals surface area contributed by atoms with E-state index in [0.29, 0.717) is 53.2 Å². The summed E-state index contributed by atoms with van der Waals surface area (Å²) < 4.78 is 13.6. The summed E-state index contributed by atoms with van der Waals surface area (Å²) >= 11 is 0. The molecule has 362 valence electrons. The van der Waals surface area contributed by atoms with Gasteiger partial charge in [-0.25, -0.2) is 14.6 Å². The number of hydrogen-bond donors (Lipinski definition) is 5. The van der Waals surface area contributed by atoms with Crippen molar-refractivity contribution < 1.29 is 58.4 Å². The summed E-state index contributed by atoms with van der Waals surface area (Å²) in [6.07, 6.45) is -3.20. The minimum absolute atomic E-state index is 0.0222. The third kappa shape index (κ3) is 7.82. The average molecular weight is 956 g/mol. The molecule has 3 amide bonds. The first-order valence-corrected chi connectivity index (χ1v) is 23.1. The number of nitrogens with zero attached hydrogens (tertiary/aromatic N) is 7. The molecule has 6 heterocycles. The Morgan fingerprint density at radius 1 is 0.914 bits per heavy atom. The van der Waals surface area contributed by atoms with E-state index >= 15 is 0 Å². The number of carboxylic acid groups (broad SMARTS) is 1. The van der Waals surface area contributed by atoms with Crippen molar-refractivity contribution >= 4 is 40.7 Å². The number of ether oxygens (including phenoxy) is 2. The lowest BCUT2D eigenvalue weighted by Gasteiger charge is -2.43. The van der Waals surface area contributed by atoms with Crippen LogP contribution in [-0.2, 0) is 38.6 Å². The second-order valence-corrected chi connectivity index (χ2v) is 17.9. The monoisotopic (exact) mass is 955 g/mol. The number of rotatable bonds is 11. The molecule has 3 aromatic heterocycles. The molecule has 1 fully saturated rings. The van der Waals surface area contributed by atoms with Gasteiger partial charge in [-0.05, 0) is 97.5 Å². The van der Waals surface area contributed by atoms with Crippen LogP contribution >= 0.6 is 0 Å². The molecule has 3 aromatic carbocycles. The van der Waals surface area contributed by atoms with Crippen molar-refractivity contribution in [3.05, 3.63) is 110 Å². The maximum Gasteiger partial charge on any atom is 0.506 e. The molecular weight excluding hydrogens is 905 g/mol. The molecule has 0 radical (unpaired) electrons. The number of fused-ring (bicyclic) bond motifs is 5. The van der Waals surface area contributed by atoms with Gasteiger partial charge in [-0.3, -0.25) is 28.2 Å². The second kappa shape index (κ2) is 18.1. The predicted octanol–water partition coefficient (Wildman–Crippen LogP) is 4.95. The molecule has 20 nitrogen and oxygen atoms in total. The van der Waals surface area contributed by atoms with Gasteiger partial charge < -0.3 is 44.7 Å². The zero-order valence-electron chi connectivity index (χ0n) is 39.1. The van der Waals surface area contributed by atoms with Crippen molar-refractivity contribution in [2.75, 3.05) is 39.3 Å². The summed E-state index contributed by atoms with van der Waals surface area (Å²) in [6.45, 7) is 9.87. The molecule has 20 heteroatoms. The van der Waals surface area contributed by atoms with Crippen molar-refractivity contribution in [1.82, 2.24) is 34.5 Å². The molecule has 2 unspecified atom stereocenters. The molecule has 0 bridgehead atoms. The molecule has 3 aliphatic rings. The summed E-state index contributed by atoms with van der Waals surface area (Å²) in [4.78, 5) is 88.8. The smallest absolute Gasteiger partial charge is 0.506 e. The lowest BCUT2D eigenvalue weighted by atomic mass is 9.87. The van der Waals surface area contributed by atoms with Gasteiger partial charge in [-0.2, -0.15) is 0 Å². The van der Waals surface area contributed by atoms with Gasteiger partial charge in [0.1, 0.15) is 42.9 Å². The van der Waals surface area contributed by atoms with E-state index in [1.807, 2.05) is 27.7 Å². The number of aromatic nitrogens is 5. The predicted molar refractivity (Wildman–Crippen MR) is 251 cm³/mol. The summed E-state index contributed by atoms with van der Waals surface area (Å²) in [5, 5.41) is 53.6. The fraction of sp³-hybridized carbons (Fsp3) is 0.340. The quantitative estimate of drug-likeness (QED) is 0.0849. The summed E-state index contributed by atoms with van der Waals surface area (Å²) in [7, 11) is 0. The van der Waals surface area contributed by atoms with Gasteiger partial charge in [0.05, 0.1) is 59.8 Å². The number of amides is 3. The molecule has 9 rings (SSSR count). The number of esters is 1. The number of piperazine rings is 1. The third-order valence-electron chi connectivity index (χ3n) is 13.8. The number of carbonyl (C=O) groups is 5. The molecule has 1 saturated heterocycles. The number of aryl methyl sites for hydroxylation is 1. The molecule has 70 heavy (non-hydrogen) atoms. The standard InChI is InChI=1S/C50H50N8O12/c1-6-29-31-19-28(59)13-14-36(31)52-41-34(29)23-56-37(41)21-32-35(46(56)63)24-69-49(66)40(32)42(70-50(67)68)47(64)55-15-17-58(8-3,18-16-55)48(65)26-9-11-27(12-10-26)57-43(53-54-44(57)45(62)51-7-2)33-20-30(25(4)5)38(60)22-39(33)61/h9-14,19-22,25,40,42H,6-8,15-18,23-24H2,1-5H3,(H4-,51,53,59,60,61,62,63,67,68)/p+1. The van der Waals surface area contributed by atoms with Crippen LogP contribution in [-0.4, -0.2) is 129 Å². The van der Waals surface area contributed by atoms with Crippen LogP contribution in [0, 0.1) is 0 Å². The number of phenols is 3. The molecule has 5 N–H and O–H groups in total. The van der Waals surface area contributed by atoms with Crippen molar-refractivity contribution in [1.29, 1.82) is 0 Å². The Hall–Kier alpha value is -8.13. The van der Waals surface area contributed by atoms with E-state index in [9.17, 15) is 49.2 Å². The molecular formula is C50H51N8O12+. The highest BCUT2D eigenvalue weighted by Crippen LogP contribution is 2.42. The first-order valence-electron chi connectivity index (χ1n) is 23.1. The number of benzene rings is 3. The number of nitrogens with one attached hydrogen (secondary N) is 1. The van der Waals surface area contributed by atoms with Crippen LogP contribution in [0.5, 0.6) is 17.2 Å². The Labute approximate surface area is 399 Å². The highest BCUT2D eigenvalue weighted by atomic mass is 16.7. The minimum atomic E-state index is -1.94. The Morgan fingerprint density at radius 3 is 2.30 bits per heavy atom. The number of cyclic esters (lactones) is 1. The van der Waals surface area contributed by atoms with Crippen molar-refractivity contribution in [3.63, 3.8) is 0 Å². The highest BCUT2D eigenvalue weighted by molar-refractivity contribution is 5.95. The first kappa shape index (κ1) is 47.0. The normalized spacial score (nSPS) is 16.3. The number of quaternary nitrogens is 1. The van der Waals surface area contributed by atoms with Crippen LogP contribution in [0.1, 0.15) is 95.2 Å². The molecule has 0 spiro atoms. The van der Waals surface area contributed by atoms with Crippen molar-refractivity contribution in [3.8, 4) is 45.7 Å². The number of phenolic OH excluding ortho intramolecular Hbond substituents is 3. The average Bonchev–Trinajstić information content (AvgIpc) is 3.95. The number of aromatic hydroxyl groups is 3. The number of pyridine rings is 2. The Kier molecular flexibility index (Phi) is 12.1. The van der Waals surface area contributed by atoms with Gasteiger partial charge in [0.2, 0.25) is 11.9 Å². The van der Waals surface area contributed by atoms with Gasteiger partial charge in [0.15, 0.2) is 5.82 Å². The largest absolute Gasteiger partial charge is 0.508 e. The van der Waals surface area contributed by atoms with E-state index in [0.717, 1.165) is 16.5 Å². The van der Waals surface area contributed by atoms with Gasteiger partial charge in [0.25, 0.3) is 17.4 Å². The number of likely N-dealkylation sites (N-methyl/N-ethyl adjacent to an activating group) is 1. The van der Waals surface area contributed by atoms with Crippen LogP contribution in [0.25, 0.3) is 39.4 Å². The second-order valence-electron chi connectivity index (χ2n) is 17.9. The van der Waals surface area contributed by atoms with Crippen LogP contribution in [0.4, 0.5) is 4.79 Å². The lowest BCUT2D eigenvalue weighted by molar-refractivity contribution is -0.851. The number of hydrogen-bond acceptors (Lipinski definition) is 14. The zero-order valence-corrected chi connectivity index (χ0v) is 39.1. The Bertz CT molecular complexity index is 3230. The topological polar surface area (TPSA) is 266 Å². The third-order valence-corrected chi connectivity index (χ3v) is 13.8. The SMILES string of the molecule is CCNC(=O)c1nnc(-c2cc(C(C)C)c(O)cc2O)n1-c1ccc(C(=O)[N+]2(CC)CCN(C(=O)C(OC(=O)O)C3C(=O)OCc4c3cc3n(c4=O)Cc4c-3nc3ccc(O)cc3c4CC)CC2)cc1. The zero-order chi connectivity index (χ0) is 49.9. The van der Waals surface area contributed by atoms with E-state index in [2.05, 4.69) is 15.5 Å². The van der Waals surface area contributed by atoms with E-state index in [4.69, 9.17) is 14.5 Å². The summed E-state index contributed by atoms with van der Waals surface area (Å²) in [5.41, 5.74) is 4.23. The molecule has 2 atom stereocenters. The fourth-order valence-corrected chi connectivity index (χ4v) is 10.1. The summed E-state index contributed by atoms with van der Waals surface area (Å²) in [5.74, 6) is -4.63. The first-order chi connectivity index (χ1) is 33.5. The molecule has 0 aliphatic carbocycles. The Morgan fingerprint density at radius 2 is 1.64 bits per heavy atom. The van der Waals surface area contributed by atoms with E-state index < -0.39 is 48.1 Å². The summed E-state index contributed by atoms with van der Waals surface area (Å²) in [6, 6.07) is 15.6. The minimum Gasteiger partial charge on any atom is -0.508 e. The van der Waals surface area contributed by atoms with Crippen molar-refractivity contribution in [2.24, 2.45) is 0 Å². The van der Waals surface area contributed by atoms with Gasteiger partial charge in [0, 0.05) is 29.2 Å². The van der Waals surface area contributed by atoms with E-state index in [1.54, 1.807) is 55.5 Å².